The summed E-state index contributed by atoms with van der Waals surface area (Å²) in [5, 5.41) is 3.53. The van der Waals surface area contributed by atoms with Crippen LogP contribution in [0.2, 0.25) is 0 Å². The molecule has 102 valence electrons. The molecule has 0 spiro atoms. The van der Waals surface area contributed by atoms with Gasteiger partial charge in [0.05, 0.1) is 10.6 Å². The van der Waals surface area contributed by atoms with Gasteiger partial charge in [-0.05, 0) is 31.5 Å². The van der Waals surface area contributed by atoms with Gasteiger partial charge in [0.15, 0.2) is 5.82 Å². The van der Waals surface area contributed by atoms with E-state index >= 15 is 0 Å². The minimum Gasteiger partial charge on any atom is -0.396 e. The van der Waals surface area contributed by atoms with Gasteiger partial charge in [-0.2, -0.15) is 0 Å². The molecular formula is C11H12FN3O3S. The predicted molar refractivity (Wildman–Crippen MR) is 67.6 cm³/mol. The van der Waals surface area contributed by atoms with Gasteiger partial charge in [0.1, 0.15) is 11.6 Å². The number of hydrogen-bond donors (Lipinski definition) is 2. The van der Waals surface area contributed by atoms with Crippen LogP contribution >= 0.6 is 0 Å². The molecule has 0 unspecified atom stereocenters. The van der Waals surface area contributed by atoms with Crippen molar-refractivity contribution in [3.05, 3.63) is 35.3 Å². The van der Waals surface area contributed by atoms with E-state index in [1.54, 1.807) is 6.92 Å². The summed E-state index contributed by atoms with van der Waals surface area (Å²) in [4.78, 5) is -0.105. The Bertz CT molecular complexity index is 725. The van der Waals surface area contributed by atoms with E-state index in [-0.39, 0.29) is 22.0 Å². The minimum absolute atomic E-state index is 0.0554. The highest BCUT2D eigenvalue weighted by molar-refractivity contribution is 7.92. The SMILES string of the molecule is Cc1cc(NS(=O)(=O)c2cc(N)c(F)cc2C)no1. The molecule has 0 aliphatic heterocycles. The van der Waals surface area contributed by atoms with E-state index in [0.29, 0.717) is 5.76 Å². The summed E-state index contributed by atoms with van der Waals surface area (Å²) in [6.07, 6.45) is 0. The summed E-state index contributed by atoms with van der Waals surface area (Å²) in [7, 11) is -3.89. The molecule has 8 heteroatoms. The molecule has 0 aliphatic carbocycles. The predicted octanol–water partition coefficient (Wildman–Crippen LogP) is 1.81. The highest BCUT2D eigenvalue weighted by atomic mass is 32.2. The lowest BCUT2D eigenvalue weighted by atomic mass is 10.2. The van der Waals surface area contributed by atoms with Crippen LogP contribution in [0.5, 0.6) is 0 Å². The summed E-state index contributed by atoms with van der Waals surface area (Å²) < 4.78 is 44.4. The Kier molecular flexibility index (Phi) is 3.19. The average molecular weight is 285 g/mol. The van der Waals surface area contributed by atoms with Gasteiger partial charge in [-0.3, -0.25) is 4.72 Å². The zero-order valence-corrected chi connectivity index (χ0v) is 11.1. The number of halogens is 1. The largest absolute Gasteiger partial charge is 0.396 e. The number of sulfonamides is 1. The van der Waals surface area contributed by atoms with Crippen LogP contribution in [0.3, 0.4) is 0 Å². The first-order chi connectivity index (χ1) is 8.79. The molecule has 0 saturated carbocycles. The van der Waals surface area contributed by atoms with Crippen LogP contribution in [-0.2, 0) is 10.0 Å². The number of anilines is 2. The fourth-order valence-corrected chi connectivity index (χ4v) is 2.81. The lowest BCUT2D eigenvalue weighted by Crippen LogP contribution is -2.15. The Balaban J connectivity index is 2.42. The average Bonchev–Trinajstić information content (AvgIpc) is 2.68. The van der Waals surface area contributed by atoms with Crippen molar-refractivity contribution in [2.24, 2.45) is 0 Å². The van der Waals surface area contributed by atoms with Crippen molar-refractivity contribution >= 4 is 21.5 Å². The number of nitrogens with zero attached hydrogens (tertiary/aromatic N) is 1. The van der Waals surface area contributed by atoms with Crippen molar-refractivity contribution in [1.82, 2.24) is 5.16 Å². The molecule has 0 radical (unpaired) electrons. The summed E-state index contributed by atoms with van der Waals surface area (Å²) >= 11 is 0. The van der Waals surface area contributed by atoms with Gasteiger partial charge in [-0.1, -0.05) is 5.16 Å². The molecule has 0 fully saturated rings. The Hall–Kier alpha value is -2.09. The first kappa shape index (κ1) is 13.3. The second kappa shape index (κ2) is 4.54. The van der Waals surface area contributed by atoms with Crippen LogP contribution in [0.25, 0.3) is 0 Å². The van der Waals surface area contributed by atoms with Gasteiger partial charge in [-0.25, -0.2) is 12.8 Å². The topological polar surface area (TPSA) is 98.2 Å². The maximum absolute atomic E-state index is 13.2. The third kappa shape index (κ3) is 2.68. The van der Waals surface area contributed by atoms with E-state index in [9.17, 15) is 12.8 Å². The van der Waals surface area contributed by atoms with Gasteiger partial charge in [-0.15, -0.1) is 0 Å². The Labute approximate surface area is 109 Å². The normalized spacial score (nSPS) is 11.5. The lowest BCUT2D eigenvalue weighted by Gasteiger charge is -2.09. The van der Waals surface area contributed by atoms with Gasteiger partial charge in [0.25, 0.3) is 10.0 Å². The van der Waals surface area contributed by atoms with Crippen LogP contribution in [-0.4, -0.2) is 13.6 Å². The lowest BCUT2D eigenvalue weighted by molar-refractivity contribution is 0.400. The quantitative estimate of drug-likeness (QED) is 0.838. The molecule has 0 atom stereocenters. The van der Waals surface area contributed by atoms with Crippen LogP contribution in [0.4, 0.5) is 15.9 Å². The van der Waals surface area contributed by atoms with Gasteiger partial charge < -0.3 is 10.3 Å². The second-order valence-electron chi connectivity index (χ2n) is 4.07. The Morgan fingerprint density at radius 1 is 1.32 bits per heavy atom. The van der Waals surface area contributed by atoms with E-state index in [1.807, 2.05) is 0 Å². The highest BCUT2D eigenvalue weighted by Crippen LogP contribution is 2.23. The van der Waals surface area contributed by atoms with E-state index in [4.69, 9.17) is 10.3 Å². The molecular weight excluding hydrogens is 273 g/mol. The van der Waals surface area contributed by atoms with Gasteiger partial charge in [0, 0.05) is 6.07 Å². The van der Waals surface area contributed by atoms with E-state index in [2.05, 4.69) is 9.88 Å². The maximum atomic E-state index is 13.2. The summed E-state index contributed by atoms with van der Waals surface area (Å²) in [6, 6.07) is 3.57. The second-order valence-corrected chi connectivity index (χ2v) is 5.72. The van der Waals surface area contributed by atoms with Crippen molar-refractivity contribution in [3.8, 4) is 0 Å². The molecule has 6 nitrogen and oxygen atoms in total. The third-order valence-corrected chi connectivity index (χ3v) is 3.95. The molecule has 2 aromatic rings. The number of aromatic nitrogens is 1. The van der Waals surface area contributed by atoms with Gasteiger partial charge >= 0.3 is 0 Å². The van der Waals surface area contributed by atoms with Crippen molar-refractivity contribution < 1.29 is 17.3 Å². The van der Waals surface area contributed by atoms with Crippen LogP contribution < -0.4 is 10.5 Å². The zero-order chi connectivity index (χ0) is 14.2. The zero-order valence-electron chi connectivity index (χ0n) is 10.3. The summed E-state index contributed by atoms with van der Waals surface area (Å²) in [5.41, 5.74) is 5.40. The molecule has 1 aromatic carbocycles. The van der Waals surface area contributed by atoms with Crippen molar-refractivity contribution in [2.45, 2.75) is 18.7 Å². The highest BCUT2D eigenvalue weighted by Gasteiger charge is 2.20. The number of nitrogens with one attached hydrogen (secondary N) is 1. The van der Waals surface area contributed by atoms with E-state index in [0.717, 1.165) is 12.1 Å². The molecule has 0 bridgehead atoms. The van der Waals surface area contributed by atoms with Gasteiger partial charge in [0.2, 0.25) is 0 Å². The Morgan fingerprint density at radius 2 is 2.00 bits per heavy atom. The molecule has 0 aliphatic rings. The standard InChI is InChI=1S/C11H12FN3O3S/c1-6-3-8(12)9(13)5-10(6)19(16,17)15-11-4-7(2)18-14-11/h3-5H,13H2,1-2H3,(H,14,15). The number of nitrogen functional groups attached to an aromatic ring is 1. The van der Waals surface area contributed by atoms with E-state index < -0.39 is 15.8 Å². The first-order valence-electron chi connectivity index (χ1n) is 5.31. The fraction of sp³-hybridized carbons (Fsp3) is 0.182. The van der Waals surface area contributed by atoms with Crippen LogP contribution in [0.1, 0.15) is 11.3 Å². The number of nitrogens with two attached hydrogens (primary N) is 1. The van der Waals surface area contributed by atoms with Crippen molar-refractivity contribution in [2.75, 3.05) is 10.5 Å². The fourth-order valence-electron chi connectivity index (χ4n) is 1.57. The summed E-state index contributed by atoms with van der Waals surface area (Å²) in [5.74, 6) is -0.137. The van der Waals surface area contributed by atoms with Crippen LogP contribution in [0, 0.1) is 19.7 Å². The molecule has 2 rings (SSSR count). The maximum Gasteiger partial charge on any atom is 0.263 e. The Morgan fingerprint density at radius 3 is 2.58 bits per heavy atom. The van der Waals surface area contributed by atoms with Crippen LogP contribution in [0.15, 0.2) is 27.6 Å². The molecule has 1 aromatic heterocycles. The van der Waals surface area contributed by atoms with Crippen molar-refractivity contribution in [1.29, 1.82) is 0 Å². The molecule has 3 N–H and O–H groups in total. The first-order valence-corrected chi connectivity index (χ1v) is 6.79. The molecule has 1 heterocycles. The van der Waals surface area contributed by atoms with Crippen molar-refractivity contribution in [3.63, 3.8) is 0 Å². The van der Waals surface area contributed by atoms with E-state index in [1.165, 1.54) is 13.0 Å². The molecule has 0 amide bonds. The molecule has 0 saturated heterocycles. The summed E-state index contributed by atoms with van der Waals surface area (Å²) in [6.45, 7) is 3.11. The number of hydrogen-bond acceptors (Lipinski definition) is 5. The third-order valence-electron chi connectivity index (χ3n) is 2.45. The number of rotatable bonds is 3. The molecule has 19 heavy (non-hydrogen) atoms. The monoisotopic (exact) mass is 285 g/mol. The number of aryl methyl sites for hydroxylation is 2. The minimum atomic E-state index is -3.89. The number of benzene rings is 1. The smallest absolute Gasteiger partial charge is 0.263 e.